The van der Waals surface area contributed by atoms with Crippen LogP contribution in [0.1, 0.15) is 30.4 Å². The number of aldehydes is 1. The van der Waals surface area contributed by atoms with Crippen molar-refractivity contribution in [3.05, 3.63) is 59.7 Å². The van der Waals surface area contributed by atoms with Crippen LogP contribution in [0, 0.1) is 6.92 Å². The van der Waals surface area contributed by atoms with Crippen molar-refractivity contribution >= 4 is 6.29 Å². The lowest BCUT2D eigenvalue weighted by Gasteiger charge is -2.06. The van der Waals surface area contributed by atoms with Crippen LogP contribution in [0.2, 0.25) is 0 Å². The van der Waals surface area contributed by atoms with E-state index in [0.29, 0.717) is 6.42 Å². The van der Waals surface area contributed by atoms with Crippen molar-refractivity contribution in [2.24, 2.45) is 0 Å². The highest BCUT2D eigenvalue weighted by atomic mass is 16.1. The predicted octanol–water partition coefficient (Wildman–Crippen LogP) is 4.57. The lowest BCUT2D eigenvalue weighted by Crippen LogP contribution is -1.88. The Kier molecular flexibility index (Phi) is 4.91. The summed E-state index contributed by atoms with van der Waals surface area (Å²) in [6.45, 7) is 2.10. The quantitative estimate of drug-likeness (QED) is 0.543. The molecule has 2 rings (SSSR count). The highest BCUT2D eigenvalue weighted by Gasteiger charge is 1.99. The van der Waals surface area contributed by atoms with E-state index < -0.39 is 0 Å². The highest BCUT2D eigenvalue weighted by Crippen LogP contribution is 2.21. The molecule has 0 amide bonds. The van der Waals surface area contributed by atoms with Crippen molar-refractivity contribution in [2.45, 2.75) is 32.6 Å². The number of hydrogen-bond acceptors (Lipinski definition) is 1. The number of carbonyl (C=O) groups excluding carboxylic acids is 1. The highest BCUT2D eigenvalue weighted by molar-refractivity contribution is 5.64. The molecule has 2 aromatic carbocycles. The zero-order chi connectivity index (χ0) is 13.5. The van der Waals surface area contributed by atoms with E-state index in [1.807, 2.05) is 0 Å². The summed E-state index contributed by atoms with van der Waals surface area (Å²) in [6.07, 6.45) is 4.79. The summed E-state index contributed by atoms with van der Waals surface area (Å²) in [5.74, 6) is 0. The fourth-order valence-corrected chi connectivity index (χ4v) is 2.21. The fraction of sp³-hybridized carbons (Fsp3) is 0.278. The van der Waals surface area contributed by atoms with Crippen molar-refractivity contribution in [1.82, 2.24) is 0 Å². The molecule has 0 heterocycles. The first-order chi connectivity index (χ1) is 9.29. The van der Waals surface area contributed by atoms with E-state index in [-0.39, 0.29) is 0 Å². The number of rotatable bonds is 6. The summed E-state index contributed by atoms with van der Waals surface area (Å²) in [5, 5.41) is 0. The van der Waals surface area contributed by atoms with Gasteiger partial charge in [0.05, 0.1) is 0 Å². The zero-order valence-electron chi connectivity index (χ0n) is 11.4. The molecule has 0 aliphatic heterocycles. The molecule has 0 fully saturated rings. The molecule has 0 spiro atoms. The van der Waals surface area contributed by atoms with E-state index >= 15 is 0 Å². The topological polar surface area (TPSA) is 17.1 Å². The maximum Gasteiger partial charge on any atom is 0.119 e. The van der Waals surface area contributed by atoms with E-state index in [1.165, 1.54) is 22.3 Å². The SMILES string of the molecule is Cc1ccc(-c2cccc(CCCCC=O)c2)cc1. The molecular weight excluding hydrogens is 232 g/mol. The van der Waals surface area contributed by atoms with Crippen LogP contribution >= 0.6 is 0 Å². The second-order valence-electron chi connectivity index (χ2n) is 4.98. The van der Waals surface area contributed by atoms with Gasteiger partial charge in [0, 0.05) is 6.42 Å². The molecule has 0 aliphatic rings. The molecule has 1 heteroatoms. The Labute approximate surface area is 115 Å². The third-order valence-electron chi connectivity index (χ3n) is 3.35. The lowest BCUT2D eigenvalue weighted by molar-refractivity contribution is -0.107. The molecule has 0 radical (unpaired) electrons. The van der Waals surface area contributed by atoms with Gasteiger partial charge in [-0.3, -0.25) is 0 Å². The Morgan fingerprint density at radius 3 is 2.47 bits per heavy atom. The first kappa shape index (κ1) is 13.5. The van der Waals surface area contributed by atoms with Gasteiger partial charge in [0.15, 0.2) is 0 Å². The van der Waals surface area contributed by atoms with Crippen molar-refractivity contribution in [3.63, 3.8) is 0 Å². The monoisotopic (exact) mass is 252 g/mol. The standard InChI is InChI=1S/C18H20O/c1-15-9-11-17(12-10-15)18-8-5-7-16(14-18)6-3-2-4-13-19/h5,7-14H,2-4,6H2,1H3. The summed E-state index contributed by atoms with van der Waals surface area (Å²) in [6, 6.07) is 17.3. The van der Waals surface area contributed by atoms with Crippen LogP contribution in [-0.2, 0) is 11.2 Å². The number of aryl methyl sites for hydroxylation is 2. The molecule has 0 atom stereocenters. The summed E-state index contributed by atoms with van der Waals surface area (Å²) in [4.78, 5) is 10.3. The first-order valence-corrected chi connectivity index (χ1v) is 6.89. The molecule has 0 aliphatic carbocycles. The maximum absolute atomic E-state index is 10.3. The van der Waals surface area contributed by atoms with Gasteiger partial charge >= 0.3 is 0 Å². The molecule has 0 unspecified atom stereocenters. The van der Waals surface area contributed by atoms with Crippen molar-refractivity contribution in [2.75, 3.05) is 0 Å². The van der Waals surface area contributed by atoms with Crippen molar-refractivity contribution in [3.8, 4) is 11.1 Å². The fourth-order valence-electron chi connectivity index (χ4n) is 2.21. The lowest BCUT2D eigenvalue weighted by atomic mass is 9.99. The van der Waals surface area contributed by atoms with Gasteiger partial charge in [0.25, 0.3) is 0 Å². The van der Waals surface area contributed by atoms with Crippen LogP contribution in [0.25, 0.3) is 11.1 Å². The van der Waals surface area contributed by atoms with Crippen LogP contribution in [0.5, 0.6) is 0 Å². The van der Waals surface area contributed by atoms with Gasteiger partial charge in [0.1, 0.15) is 6.29 Å². The molecule has 0 saturated heterocycles. The molecule has 2 aromatic rings. The number of hydrogen-bond donors (Lipinski definition) is 0. The van der Waals surface area contributed by atoms with Gasteiger partial charge in [-0.25, -0.2) is 0 Å². The van der Waals surface area contributed by atoms with E-state index in [2.05, 4.69) is 55.5 Å². The van der Waals surface area contributed by atoms with E-state index in [4.69, 9.17) is 0 Å². The molecule has 0 bridgehead atoms. The van der Waals surface area contributed by atoms with Gasteiger partial charge in [-0.2, -0.15) is 0 Å². The van der Waals surface area contributed by atoms with E-state index in [0.717, 1.165) is 25.5 Å². The largest absolute Gasteiger partial charge is 0.303 e. The number of unbranched alkanes of at least 4 members (excludes halogenated alkanes) is 2. The van der Waals surface area contributed by atoms with Gasteiger partial charge in [-0.05, 0) is 42.9 Å². The molecule has 98 valence electrons. The summed E-state index contributed by atoms with van der Waals surface area (Å²) in [5.41, 5.74) is 5.17. The van der Waals surface area contributed by atoms with Crippen LogP contribution in [0.15, 0.2) is 48.5 Å². The molecule has 0 saturated carbocycles. The van der Waals surface area contributed by atoms with Gasteiger partial charge in [0.2, 0.25) is 0 Å². The average Bonchev–Trinajstić information content (AvgIpc) is 2.45. The van der Waals surface area contributed by atoms with E-state index in [9.17, 15) is 4.79 Å². The minimum atomic E-state index is 0.678. The zero-order valence-corrected chi connectivity index (χ0v) is 11.4. The molecule has 19 heavy (non-hydrogen) atoms. The third-order valence-corrected chi connectivity index (χ3v) is 3.35. The second-order valence-corrected chi connectivity index (χ2v) is 4.98. The average molecular weight is 252 g/mol. The second kappa shape index (κ2) is 6.89. The number of carbonyl (C=O) groups is 1. The molecule has 1 nitrogen and oxygen atoms in total. The van der Waals surface area contributed by atoms with E-state index in [1.54, 1.807) is 0 Å². The van der Waals surface area contributed by atoms with Crippen molar-refractivity contribution < 1.29 is 4.79 Å². The minimum absolute atomic E-state index is 0.678. The Balaban J connectivity index is 2.06. The Morgan fingerprint density at radius 2 is 1.74 bits per heavy atom. The molecule has 0 N–H and O–H groups in total. The van der Waals surface area contributed by atoms with Crippen LogP contribution < -0.4 is 0 Å². The number of benzene rings is 2. The maximum atomic E-state index is 10.3. The first-order valence-electron chi connectivity index (χ1n) is 6.89. The Hall–Kier alpha value is -1.89. The van der Waals surface area contributed by atoms with Crippen molar-refractivity contribution in [1.29, 1.82) is 0 Å². The van der Waals surface area contributed by atoms with Gasteiger partial charge < -0.3 is 4.79 Å². The van der Waals surface area contributed by atoms with Crippen LogP contribution in [0.3, 0.4) is 0 Å². The molecular formula is C18H20O. The van der Waals surface area contributed by atoms with Gasteiger partial charge in [-0.1, -0.05) is 54.1 Å². The van der Waals surface area contributed by atoms with Crippen LogP contribution in [0.4, 0.5) is 0 Å². The summed E-state index contributed by atoms with van der Waals surface area (Å²) in [7, 11) is 0. The van der Waals surface area contributed by atoms with Gasteiger partial charge in [-0.15, -0.1) is 0 Å². The minimum Gasteiger partial charge on any atom is -0.303 e. The Bertz CT molecular complexity index is 526. The summed E-state index contributed by atoms with van der Waals surface area (Å²) >= 11 is 0. The predicted molar refractivity (Wildman–Crippen MR) is 80.2 cm³/mol. The third kappa shape index (κ3) is 4.06. The van der Waals surface area contributed by atoms with Crippen LogP contribution in [-0.4, -0.2) is 6.29 Å². The Morgan fingerprint density at radius 1 is 0.947 bits per heavy atom. The normalized spacial score (nSPS) is 10.4. The smallest absolute Gasteiger partial charge is 0.119 e. The summed E-state index contributed by atoms with van der Waals surface area (Å²) < 4.78 is 0. The molecule has 0 aromatic heterocycles.